The maximum atomic E-state index is 13.0. The Morgan fingerprint density at radius 2 is 1.80 bits per heavy atom. The standard InChI is InChI=1S/C11H23FO2Si/c1-9(10(12)7-13)8-14-15(5,6)11(2,3)4/h13H,7-8H2,1-6H3/b10-9-. The van der Waals surface area contributed by atoms with Crippen LogP contribution in [-0.2, 0) is 4.43 Å². The molecule has 0 spiro atoms. The van der Waals surface area contributed by atoms with Gasteiger partial charge in [0, 0.05) is 0 Å². The first-order valence-corrected chi connectivity index (χ1v) is 8.11. The predicted octanol–water partition coefficient (Wildman–Crippen LogP) is 3.24. The summed E-state index contributed by atoms with van der Waals surface area (Å²) >= 11 is 0. The van der Waals surface area contributed by atoms with E-state index in [0.717, 1.165) is 0 Å². The van der Waals surface area contributed by atoms with E-state index in [0.29, 0.717) is 5.57 Å². The van der Waals surface area contributed by atoms with Gasteiger partial charge in [0.25, 0.3) is 0 Å². The summed E-state index contributed by atoms with van der Waals surface area (Å²) in [7, 11) is -1.81. The van der Waals surface area contributed by atoms with E-state index in [1.165, 1.54) is 0 Å². The van der Waals surface area contributed by atoms with Crippen LogP contribution in [0.25, 0.3) is 0 Å². The highest BCUT2D eigenvalue weighted by atomic mass is 28.4. The van der Waals surface area contributed by atoms with Gasteiger partial charge in [-0.05, 0) is 30.6 Å². The number of aliphatic hydroxyl groups excluding tert-OH is 1. The SMILES string of the molecule is C/C(CO[Si](C)(C)C(C)(C)C)=C(/F)CO. The van der Waals surface area contributed by atoms with Gasteiger partial charge in [-0.15, -0.1) is 0 Å². The van der Waals surface area contributed by atoms with Crippen molar-refractivity contribution in [1.82, 2.24) is 0 Å². The highest BCUT2D eigenvalue weighted by Gasteiger charge is 2.37. The third-order valence-electron chi connectivity index (χ3n) is 3.06. The number of hydrogen-bond acceptors (Lipinski definition) is 2. The van der Waals surface area contributed by atoms with E-state index < -0.39 is 20.8 Å². The fourth-order valence-electron chi connectivity index (χ4n) is 0.718. The lowest BCUT2D eigenvalue weighted by Gasteiger charge is -2.36. The minimum atomic E-state index is -1.81. The van der Waals surface area contributed by atoms with Crippen LogP contribution in [-0.4, -0.2) is 26.6 Å². The van der Waals surface area contributed by atoms with Crippen LogP contribution in [0.5, 0.6) is 0 Å². The summed E-state index contributed by atoms with van der Waals surface area (Å²) in [5.74, 6) is -0.478. The molecule has 0 aliphatic heterocycles. The second-order valence-electron chi connectivity index (χ2n) is 5.39. The van der Waals surface area contributed by atoms with Crippen LogP contribution in [0, 0.1) is 0 Å². The zero-order chi connectivity index (χ0) is 12.3. The van der Waals surface area contributed by atoms with Gasteiger partial charge in [0.15, 0.2) is 8.32 Å². The highest BCUT2D eigenvalue weighted by Crippen LogP contribution is 2.36. The highest BCUT2D eigenvalue weighted by molar-refractivity contribution is 6.74. The smallest absolute Gasteiger partial charge is 0.192 e. The van der Waals surface area contributed by atoms with Crippen LogP contribution in [0.15, 0.2) is 11.4 Å². The quantitative estimate of drug-likeness (QED) is 0.757. The van der Waals surface area contributed by atoms with Gasteiger partial charge in [0.2, 0.25) is 0 Å². The first-order chi connectivity index (χ1) is 6.62. The van der Waals surface area contributed by atoms with E-state index >= 15 is 0 Å². The van der Waals surface area contributed by atoms with Crippen LogP contribution in [0.2, 0.25) is 18.1 Å². The van der Waals surface area contributed by atoms with Crippen molar-refractivity contribution in [1.29, 1.82) is 0 Å². The second-order valence-corrected chi connectivity index (χ2v) is 10.2. The van der Waals surface area contributed by atoms with E-state index in [9.17, 15) is 4.39 Å². The number of hydrogen-bond donors (Lipinski definition) is 1. The molecule has 0 rings (SSSR count). The maximum absolute atomic E-state index is 13.0. The molecule has 0 fully saturated rings. The van der Waals surface area contributed by atoms with Crippen molar-refractivity contribution in [3.05, 3.63) is 11.4 Å². The molecule has 0 aromatic carbocycles. The van der Waals surface area contributed by atoms with Crippen molar-refractivity contribution < 1.29 is 13.9 Å². The fraction of sp³-hybridized carbons (Fsp3) is 0.818. The molecule has 0 atom stereocenters. The molecular formula is C11H23FO2Si. The van der Waals surface area contributed by atoms with Crippen molar-refractivity contribution >= 4 is 8.32 Å². The molecule has 0 saturated carbocycles. The molecule has 1 N–H and O–H groups in total. The molecule has 0 aromatic rings. The predicted molar refractivity (Wildman–Crippen MR) is 64.0 cm³/mol. The summed E-state index contributed by atoms with van der Waals surface area (Å²) in [5.41, 5.74) is 0.488. The Morgan fingerprint density at radius 3 is 2.13 bits per heavy atom. The normalized spacial score (nSPS) is 15.2. The Kier molecular flexibility index (Phi) is 5.16. The topological polar surface area (TPSA) is 29.5 Å². The van der Waals surface area contributed by atoms with Gasteiger partial charge in [-0.2, -0.15) is 0 Å². The van der Waals surface area contributed by atoms with Crippen LogP contribution in [0.3, 0.4) is 0 Å². The minimum absolute atomic E-state index is 0.128. The molecule has 0 aliphatic carbocycles. The summed E-state index contributed by atoms with van der Waals surface area (Å²) in [6.07, 6.45) is 0. The van der Waals surface area contributed by atoms with Gasteiger partial charge in [0.05, 0.1) is 13.2 Å². The Morgan fingerprint density at radius 1 is 1.33 bits per heavy atom. The average Bonchev–Trinajstić information content (AvgIpc) is 2.11. The largest absolute Gasteiger partial charge is 0.413 e. The molecule has 0 bridgehead atoms. The molecule has 0 amide bonds. The van der Waals surface area contributed by atoms with E-state index in [-0.39, 0.29) is 11.6 Å². The van der Waals surface area contributed by atoms with Gasteiger partial charge in [-0.1, -0.05) is 20.8 Å². The third-order valence-corrected chi connectivity index (χ3v) is 7.54. The molecule has 4 heteroatoms. The lowest BCUT2D eigenvalue weighted by molar-refractivity contribution is 0.281. The fourth-order valence-corrected chi connectivity index (χ4v) is 1.73. The van der Waals surface area contributed by atoms with E-state index in [4.69, 9.17) is 9.53 Å². The molecule has 0 saturated heterocycles. The summed E-state index contributed by atoms with van der Waals surface area (Å²) in [4.78, 5) is 0. The van der Waals surface area contributed by atoms with Crippen LogP contribution in [0.4, 0.5) is 4.39 Å². The molecule has 0 aromatic heterocycles. The lowest BCUT2D eigenvalue weighted by Crippen LogP contribution is -2.41. The van der Waals surface area contributed by atoms with Gasteiger partial charge in [-0.25, -0.2) is 4.39 Å². The summed E-state index contributed by atoms with van der Waals surface area (Å²) in [6, 6.07) is 0. The van der Waals surface area contributed by atoms with Crippen molar-refractivity contribution in [3.63, 3.8) is 0 Å². The summed E-state index contributed by atoms with van der Waals surface area (Å²) in [5, 5.41) is 8.75. The Bertz CT molecular complexity index is 241. The number of rotatable bonds is 4. The van der Waals surface area contributed by atoms with Gasteiger partial charge >= 0.3 is 0 Å². The lowest BCUT2D eigenvalue weighted by atomic mass is 10.2. The minimum Gasteiger partial charge on any atom is -0.413 e. The molecule has 2 nitrogen and oxygen atoms in total. The van der Waals surface area contributed by atoms with Crippen molar-refractivity contribution in [2.45, 2.75) is 45.8 Å². The van der Waals surface area contributed by atoms with E-state index in [1.54, 1.807) is 6.92 Å². The van der Waals surface area contributed by atoms with Gasteiger partial charge < -0.3 is 9.53 Å². The molecule has 90 valence electrons. The van der Waals surface area contributed by atoms with E-state index in [2.05, 4.69) is 33.9 Å². The van der Waals surface area contributed by atoms with Crippen molar-refractivity contribution in [3.8, 4) is 0 Å². The molecule has 0 radical (unpaired) electrons. The molecule has 0 heterocycles. The van der Waals surface area contributed by atoms with Crippen molar-refractivity contribution in [2.75, 3.05) is 13.2 Å². The van der Waals surface area contributed by atoms with Crippen molar-refractivity contribution in [2.24, 2.45) is 0 Å². The molecule has 15 heavy (non-hydrogen) atoms. The maximum Gasteiger partial charge on any atom is 0.192 e. The third kappa shape index (κ3) is 4.45. The Balaban J connectivity index is 4.41. The number of aliphatic hydroxyl groups is 1. The summed E-state index contributed by atoms with van der Waals surface area (Å²) in [6.45, 7) is 12.1. The summed E-state index contributed by atoms with van der Waals surface area (Å²) < 4.78 is 18.8. The van der Waals surface area contributed by atoms with E-state index in [1.807, 2.05) is 0 Å². The van der Waals surface area contributed by atoms with Crippen LogP contribution >= 0.6 is 0 Å². The second kappa shape index (κ2) is 5.23. The van der Waals surface area contributed by atoms with Crippen LogP contribution in [0.1, 0.15) is 27.7 Å². The first-order valence-electron chi connectivity index (χ1n) is 5.21. The molecule has 0 aliphatic rings. The van der Waals surface area contributed by atoms with Gasteiger partial charge in [0.1, 0.15) is 5.83 Å². The molecular weight excluding hydrogens is 211 g/mol. The zero-order valence-corrected chi connectivity index (χ0v) is 11.6. The Hall–Kier alpha value is -0.193. The van der Waals surface area contributed by atoms with Gasteiger partial charge in [-0.3, -0.25) is 0 Å². The monoisotopic (exact) mass is 234 g/mol. The first kappa shape index (κ1) is 14.8. The average molecular weight is 234 g/mol. The molecule has 0 unspecified atom stereocenters. The zero-order valence-electron chi connectivity index (χ0n) is 10.6. The van der Waals surface area contributed by atoms with Crippen LogP contribution < -0.4 is 0 Å². The Labute approximate surface area is 93.3 Å². The number of halogens is 1.